The first-order chi connectivity index (χ1) is 7.31. The van der Waals surface area contributed by atoms with Crippen molar-refractivity contribution in [1.29, 1.82) is 0 Å². The molecule has 2 aliphatic carbocycles. The van der Waals surface area contributed by atoms with Crippen LogP contribution in [0, 0.1) is 0 Å². The molecule has 2 nitrogen and oxygen atoms in total. The van der Waals surface area contributed by atoms with E-state index in [-0.39, 0.29) is 5.56 Å². The average molecular weight is 224 g/mol. The molecule has 0 bridgehead atoms. The molecule has 1 saturated carbocycles. The van der Waals surface area contributed by atoms with Gasteiger partial charge in [0.1, 0.15) is 0 Å². The summed E-state index contributed by atoms with van der Waals surface area (Å²) in [5.74, 6) is 0.346. The van der Waals surface area contributed by atoms with Gasteiger partial charge in [-0.1, -0.05) is 0 Å². The van der Waals surface area contributed by atoms with Gasteiger partial charge in [0, 0.05) is 17.3 Å². The second-order valence-electron chi connectivity index (χ2n) is 4.54. The van der Waals surface area contributed by atoms with Crippen molar-refractivity contribution in [3.63, 3.8) is 0 Å². The van der Waals surface area contributed by atoms with E-state index in [1.165, 1.54) is 17.7 Å². The van der Waals surface area contributed by atoms with Gasteiger partial charge in [-0.2, -0.15) is 0 Å². The fourth-order valence-corrected chi connectivity index (χ4v) is 2.74. The van der Waals surface area contributed by atoms with E-state index < -0.39 is 0 Å². The van der Waals surface area contributed by atoms with Crippen molar-refractivity contribution in [1.82, 2.24) is 4.57 Å². The number of aromatic nitrogens is 1. The lowest BCUT2D eigenvalue weighted by Crippen LogP contribution is -2.25. The van der Waals surface area contributed by atoms with Crippen LogP contribution in [-0.2, 0) is 18.7 Å². The van der Waals surface area contributed by atoms with E-state index in [1.54, 1.807) is 0 Å². The van der Waals surface area contributed by atoms with Gasteiger partial charge in [0.05, 0.1) is 5.88 Å². The Morgan fingerprint density at radius 1 is 1.40 bits per heavy atom. The normalized spacial score (nSPS) is 19.3. The van der Waals surface area contributed by atoms with Gasteiger partial charge in [-0.15, -0.1) is 11.6 Å². The summed E-state index contributed by atoms with van der Waals surface area (Å²) < 4.78 is 2.03. The smallest absolute Gasteiger partial charge is 0.255 e. The second-order valence-corrected chi connectivity index (χ2v) is 4.80. The topological polar surface area (TPSA) is 22.0 Å². The van der Waals surface area contributed by atoms with Crippen LogP contribution in [0.4, 0.5) is 0 Å². The first-order valence-corrected chi connectivity index (χ1v) is 6.17. The summed E-state index contributed by atoms with van der Waals surface area (Å²) in [4.78, 5) is 12.1. The van der Waals surface area contributed by atoms with Gasteiger partial charge in [0.25, 0.3) is 5.56 Å². The highest BCUT2D eigenvalue weighted by Gasteiger charge is 2.30. The number of rotatable bonds is 2. The van der Waals surface area contributed by atoms with Crippen LogP contribution in [0.15, 0.2) is 10.9 Å². The molecule has 0 saturated heterocycles. The fraction of sp³-hybridized carbons (Fsp3) is 0.583. The lowest BCUT2D eigenvalue weighted by molar-refractivity contribution is 0.659. The zero-order valence-corrected chi connectivity index (χ0v) is 9.39. The largest absolute Gasteiger partial charge is 0.309 e. The van der Waals surface area contributed by atoms with Gasteiger partial charge in [-0.25, -0.2) is 0 Å². The molecule has 1 aromatic heterocycles. The number of alkyl halides is 1. The molecule has 0 spiro atoms. The summed E-state index contributed by atoms with van der Waals surface area (Å²) in [5, 5.41) is 0. The minimum absolute atomic E-state index is 0.160. The van der Waals surface area contributed by atoms with Crippen molar-refractivity contribution in [2.24, 2.45) is 0 Å². The van der Waals surface area contributed by atoms with Gasteiger partial charge in [-0.3, -0.25) is 4.79 Å². The average Bonchev–Trinajstić information content (AvgIpc) is 2.95. The number of nitrogens with zero attached hydrogens (tertiary/aromatic N) is 1. The van der Waals surface area contributed by atoms with Crippen molar-refractivity contribution < 1.29 is 0 Å². The predicted molar refractivity (Wildman–Crippen MR) is 60.6 cm³/mol. The van der Waals surface area contributed by atoms with E-state index in [2.05, 4.69) is 0 Å². The highest BCUT2D eigenvalue weighted by molar-refractivity contribution is 6.17. The van der Waals surface area contributed by atoms with Gasteiger partial charge >= 0.3 is 0 Å². The summed E-state index contributed by atoms with van der Waals surface area (Å²) in [6.45, 7) is 0. The Morgan fingerprint density at radius 2 is 2.20 bits per heavy atom. The molecule has 0 radical (unpaired) electrons. The summed E-state index contributed by atoms with van der Waals surface area (Å²) in [6, 6.07) is 2.50. The van der Waals surface area contributed by atoms with Gasteiger partial charge in [-0.05, 0) is 43.7 Å². The summed E-state index contributed by atoms with van der Waals surface area (Å²) in [5.41, 5.74) is 3.59. The number of aryl methyl sites for hydroxylation is 1. The summed E-state index contributed by atoms with van der Waals surface area (Å²) in [6.07, 6.45) is 5.71. The minimum atomic E-state index is 0.160. The number of halogens is 1. The molecule has 2 aliphatic rings. The first kappa shape index (κ1) is 9.46. The Morgan fingerprint density at radius 3 is 2.87 bits per heavy atom. The molecule has 3 heteroatoms. The second kappa shape index (κ2) is 3.38. The molecular weight excluding hydrogens is 210 g/mol. The Labute approximate surface area is 93.9 Å². The summed E-state index contributed by atoms with van der Waals surface area (Å²) in [7, 11) is 0. The van der Waals surface area contributed by atoms with Gasteiger partial charge < -0.3 is 4.57 Å². The zero-order chi connectivity index (χ0) is 10.4. The third-order valence-electron chi connectivity index (χ3n) is 3.42. The molecule has 15 heavy (non-hydrogen) atoms. The summed E-state index contributed by atoms with van der Waals surface area (Å²) >= 11 is 5.82. The first-order valence-electron chi connectivity index (χ1n) is 5.63. The van der Waals surface area contributed by atoms with Gasteiger partial charge in [0.2, 0.25) is 0 Å². The monoisotopic (exact) mass is 223 g/mol. The van der Waals surface area contributed by atoms with E-state index in [4.69, 9.17) is 11.6 Å². The lowest BCUT2D eigenvalue weighted by Gasteiger charge is -2.12. The van der Waals surface area contributed by atoms with Crippen LogP contribution < -0.4 is 5.56 Å². The molecule has 1 aromatic rings. The van der Waals surface area contributed by atoms with Gasteiger partial charge in [0.15, 0.2) is 0 Å². The minimum Gasteiger partial charge on any atom is -0.309 e. The number of pyridine rings is 1. The van der Waals surface area contributed by atoms with Crippen molar-refractivity contribution in [2.45, 2.75) is 44.0 Å². The Hall–Kier alpha value is -0.760. The van der Waals surface area contributed by atoms with E-state index in [0.29, 0.717) is 11.9 Å². The third-order valence-corrected chi connectivity index (χ3v) is 3.71. The Kier molecular flexibility index (Phi) is 2.13. The maximum atomic E-state index is 12.1. The number of fused-ring (bicyclic) bond motifs is 1. The van der Waals surface area contributed by atoms with Crippen molar-refractivity contribution in [2.75, 3.05) is 0 Å². The van der Waals surface area contributed by atoms with E-state index in [0.717, 1.165) is 31.2 Å². The molecule has 3 rings (SSSR count). The molecule has 0 N–H and O–H groups in total. The molecule has 0 amide bonds. The SMILES string of the molecule is O=c1c(CCl)cc2c(n1C1CC1)CCC2. The molecule has 1 heterocycles. The van der Waals surface area contributed by atoms with E-state index in [1.807, 2.05) is 10.6 Å². The van der Waals surface area contributed by atoms with Crippen LogP contribution in [0.1, 0.15) is 42.1 Å². The molecule has 1 fully saturated rings. The lowest BCUT2D eigenvalue weighted by atomic mass is 10.1. The van der Waals surface area contributed by atoms with Crippen LogP contribution in [0.5, 0.6) is 0 Å². The van der Waals surface area contributed by atoms with Crippen molar-refractivity contribution >= 4 is 11.6 Å². The van der Waals surface area contributed by atoms with Crippen LogP contribution in [-0.4, -0.2) is 4.57 Å². The Bertz CT molecular complexity index is 459. The third kappa shape index (κ3) is 1.43. The maximum Gasteiger partial charge on any atom is 0.255 e. The Balaban J connectivity index is 2.24. The number of hydrogen-bond acceptors (Lipinski definition) is 1. The number of hydrogen-bond donors (Lipinski definition) is 0. The predicted octanol–water partition coefficient (Wildman–Crippen LogP) is 2.41. The quantitative estimate of drug-likeness (QED) is 0.706. The molecule has 80 valence electrons. The molecule has 0 aliphatic heterocycles. The van der Waals surface area contributed by atoms with E-state index in [9.17, 15) is 4.79 Å². The zero-order valence-electron chi connectivity index (χ0n) is 8.63. The standard InChI is InChI=1S/C12H14ClNO/c13-7-9-6-8-2-1-3-11(8)14(12(9)15)10-4-5-10/h6,10H,1-5,7H2. The van der Waals surface area contributed by atoms with Crippen LogP contribution in [0.25, 0.3) is 0 Å². The van der Waals surface area contributed by atoms with Crippen LogP contribution >= 0.6 is 11.6 Å². The maximum absolute atomic E-state index is 12.1. The van der Waals surface area contributed by atoms with Crippen LogP contribution in [0.3, 0.4) is 0 Å². The van der Waals surface area contributed by atoms with Crippen molar-refractivity contribution in [3.8, 4) is 0 Å². The highest BCUT2D eigenvalue weighted by Crippen LogP contribution is 2.37. The van der Waals surface area contributed by atoms with Crippen LogP contribution in [0.2, 0.25) is 0 Å². The molecular formula is C12H14ClNO. The molecule has 0 atom stereocenters. The highest BCUT2D eigenvalue weighted by atomic mass is 35.5. The molecule has 0 unspecified atom stereocenters. The molecule has 0 aromatic carbocycles. The van der Waals surface area contributed by atoms with E-state index >= 15 is 0 Å². The fourth-order valence-electron chi connectivity index (χ4n) is 2.55. The van der Waals surface area contributed by atoms with Crippen molar-refractivity contribution in [3.05, 3.63) is 33.2 Å².